The van der Waals surface area contributed by atoms with Gasteiger partial charge in [-0.25, -0.2) is 13.9 Å². The molecule has 9 heteroatoms. The van der Waals surface area contributed by atoms with E-state index in [0.29, 0.717) is 5.69 Å². The summed E-state index contributed by atoms with van der Waals surface area (Å²) in [6, 6.07) is 12.7. The summed E-state index contributed by atoms with van der Waals surface area (Å²) < 4.78 is 14.4. The molecular formula is C17H14FN5O2S. The molecule has 0 saturated carbocycles. The first-order valence-corrected chi connectivity index (χ1v) is 8.24. The Morgan fingerprint density at radius 2 is 1.58 bits per heavy atom. The van der Waals surface area contributed by atoms with Gasteiger partial charge in [-0.05, 0) is 48.5 Å². The molecule has 1 aromatic heterocycles. The first-order valence-electron chi connectivity index (χ1n) is 7.42. The number of nitrogens with one attached hydrogen (secondary N) is 1. The van der Waals surface area contributed by atoms with Gasteiger partial charge in [-0.3, -0.25) is 4.79 Å². The molecule has 0 spiro atoms. The third-order valence-electron chi connectivity index (χ3n) is 3.36. The van der Waals surface area contributed by atoms with Crippen LogP contribution >= 0.6 is 11.8 Å². The number of nitrogens with two attached hydrogens (primary N) is 2. The predicted molar refractivity (Wildman–Crippen MR) is 95.8 cm³/mol. The zero-order valence-electron chi connectivity index (χ0n) is 13.3. The minimum atomic E-state index is -0.821. The van der Waals surface area contributed by atoms with Gasteiger partial charge in [-0.15, -0.1) is 0 Å². The quantitative estimate of drug-likeness (QED) is 0.639. The Morgan fingerprint density at radius 3 is 2.12 bits per heavy atom. The maximum atomic E-state index is 13.0. The van der Waals surface area contributed by atoms with Crippen molar-refractivity contribution in [2.75, 3.05) is 5.32 Å². The average Bonchev–Trinajstić information content (AvgIpc) is 3.01. The lowest BCUT2D eigenvalue weighted by Crippen LogP contribution is -2.22. The third-order valence-corrected chi connectivity index (χ3v) is 4.37. The van der Waals surface area contributed by atoms with E-state index in [1.165, 1.54) is 34.8 Å². The Labute approximate surface area is 152 Å². The summed E-state index contributed by atoms with van der Waals surface area (Å²) in [6.45, 7) is 0. The van der Waals surface area contributed by atoms with Crippen molar-refractivity contribution in [1.29, 1.82) is 0 Å². The SMILES string of the molecule is NC(=O)Nc1cn(-c2ccc(Sc3ccc(F)cc3)cc2)nc1C(N)=O. The highest BCUT2D eigenvalue weighted by atomic mass is 32.2. The van der Waals surface area contributed by atoms with E-state index in [0.717, 1.165) is 9.79 Å². The number of benzene rings is 2. The molecule has 0 aliphatic carbocycles. The number of rotatable bonds is 5. The number of hydrogen-bond donors (Lipinski definition) is 3. The van der Waals surface area contributed by atoms with Crippen LogP contribution in [0.4, 0.5) is 14.9 Å². The summed E-state index contributed by atoms with van der Waals surface area (Å²) in [7, 11) is 0. The normalized spacial score (nSPS) is 10.5. The molecular weight excluding hydrogens is 357 g/mol. The minimum Gasteiger partial charge on any atom is -0.364 e. The van der Waals surface area contributed by atoms with E-state index in [9.17, 15) is 14.0 Å². The van der Waals surface area contributed by atoms with Gasteiger partial charge in [0.05, 0.1) is 17.6 Å². The number of nitrogens with zero attached hydrogens (tertiary/aromatic N) is 2. The smallest absolute Gasteiger partial charge is 0.316 e. The second-order valence-electron chi connectivity index (χ2n) is 5.24. The predicted octanol–water partition coefficient (Wildman–Crippen LogP) is 2.75. The summed E-state index contributed by atoms with van der Waals surface area (Å²) in [5, 5.41) is 6.39. The van der Waals surface area contributed by atoms with Crippen molar-refractivity contribution < 1.29 is 14.0 Å². The molecule has 0 aliphatic rings. The summed E-state index contributed by atoms with van der Waals surface area (Å²) in [5.41, 5.74) is 11.0. The van der Waals surface area contributed by atoms with Crippen LogP contribution in [0.15, 0.2) is 64.5 Å². The lowest BCUT2D eigenvalue weighted by atomic mass is 10.3. The van der Waals surface area contributed by atoms with E-state index in [-0.39, 0.29) is 17.2 Å². The summed E-state index contributed by atoms with van der Waals surface area (Å²) >= 11 is 1.48. The second kappa shape index (κ2) is 7.28. The Kier molecular flexibility index (Phi) is 4.90. The molecule has 132 valence electrons. The van der Waals surface area contributed by atoms with Gasteiger partial charge >= 0.3 is 6.03 Å². The highest BCUT2D eigenvalue weighted by Gasteiger charge is 2.16. The molecule has 3 rings (SSSR count). The maximum Gasteiger partial charge on any atom is 0.316 e. The molecule has 0 unspecified atom stereocenters. The molecule has 0 aliphatic heterocycles. The van der Waals surface area contributed by atoms with Crippen LogP contribution in [0.2, 0.25) is 0 Å². The number of aromatic nitrogens is 2. The molecule has 7 nitrogen and oxygen atoms in total. The van der Waals surface area contributed by atoms with Gasteiger partial charge in [0, 0.05) is 9.79 Å². The number of carbonyl (C=O) groups excluding carboxylic acids is 2. The van der Waals surface area contributed by atoms with Gasteiger partial charge in [0.1, 0.15) is 5.82 Å². The number of carbonyl (C=O) groups is 2. The molecule has 0 bridgehead atoms. The lowest BCUT2D eigenvalue weighted by Gasteiger charge is -2.04. The Bertz CT molecular complexity index is 954. The fourth-order valence-corrected chi connectivity index (χ4v) is 3.03. The minimum absolute atomic E-state index is 0.0893. The third kappa shape index (κ3) is 4.01. The molecule has 0 fully saturated rings. The van der Waals surface area contributed by atoms with Crippen molar-refractivity contribution in [1.82, 2.24) is 9.78 Å². The van der Waals surface area contributed by atoms with Crippen LogP contribution in [-0.4, -0.2) is 21.7 Å². The van der Waals surface area contributed by atoms with Crippen molar-refractivity contribution in [2.24, 2.45) is 11.5 Å². The van der Waals surface area contributed by atoms with Gasteiger partial charge in [-0.1, -0.05) is 11.8 Å². The maximum absolute atomic E-state index is 13.0. The first kappa shape index (κ1) is 17.5. The lowest BCUT2D eigenvalue weighted by molar-refractivity contribution is 0.0996. The molecule has 0 saturated heterocycles. The van der Waals surface area contributed by atoms with Crippen LogP contribution in [0.1, 0.15) is 10.5 Å². The molecule has 0 atom stereocenters. The first-order chi connectivity index (χ1) is 12.4. The van der Waals surface area contributed by atoms with Crippen molar-refractivity contribution in [3.63, 3.8) is 0 Å². The number of primary amides is 2. The largest absolute Gasteiger partial charge is 0.364 e. The van der Waals surface area contributed by atoms with E-state index in [1.54, 1.807) is 24.3 Å². The molecule has 2 aromatic carbocycles. The molecule has 26 heavy (non-hydrogen) atoms. The zero-order chi connectivity index (χ0) is 18.7. The summed E-state index contributed by atoms with van der Waals surface area (Å²) in [6.07, 6.45) is 1.45. The topological polar surface area (TPSA) is 116 Å². The Morgan fingerprint density at radius 1 is 1.00 bits per heavy atom. The van der Waals surface area contributed by atoms with Crippen molar-refractivity contribution in [2.45, 2.75) is 9.79 Å². The molecule has 3 amide bonds. The van der Waals surface area contributed by atoms with Crippen LogP contribution in [0.3, 0.4) is 0 Å². The number of anilines is 1. The molecule has 3 aromatic rings. The number of hydrogen-bond acceptors (Lipinski definition) is 4. The van der Waals surface area contributed by atoms with E-state index in [1.807, 2.05) is 12.1 Å². The number of halogens is 1. The van der Waals surface area contributed by atoms with Gasteiger partial charge < -0.3 is 16.8 Å². The Balaban J connectivity index is 1.83. The molecule has 5 N–H and O–H groups in total. The zero-order valence-corrected chi connectivity index (χ0v) is 14.2. The summed E-state index contributed by atoms with van der Waals surface area (Å²) in [5.74, 6) is -1.06. The second-order valence-corrected chi connectivity index (χ2v) is 6.39. The van der Waals surface area contributed by atoms with E-state index in [4.69, 9.17) is 11.5 Å². The van der Waals surface area contributed by atoms with Gasteiger partial charge in [0.15, 0.2) is 5.69 Å². The van der Waals surface area contributed by atoms with Gasteiger partial charge in [0.25, 0.3) is 5.91 Å². The number of amides is 3. The molecule has 1 heterocycles. The number of urea groups is 1. The standard InChI is InChI=1S/C17H14FN5O2S/c18-10-1-5-12(6-2-10)26-13-7-3-11(4-8-13)23-9-14(21-17(20)25)15(22-23)16(19)24/h1-9H,(H2,19,24)(H3,20,21,25). The van der Waals surface area contributed by atoms with Crippen LogP contribution < -0.4 is 16.8 Å². The molecule has 0 radical (unpaired) electrons. The van der Waals surface area contributed by atoms with Crippen molar-refractivity contribution >= 4 is 29.4 Å². The van der Waals surface area contributed by atoms with Crippen molar-refractivity contribution in [3.8, 4) is 5.69 Å². The highest BCUT2D eigenvalue weighted by Crippen LogP contribution is 2.28. The fourth-order valence-electron chi connectivity index (χ4n) is 2.22. The van der Waals surface area contributed by atoms with Gasteiger partial charge in [-0.2, -0.15) is 5.10 Å². The van der Waals surface area contributed by atoms with Crippen LogP contribution in [0.5, 0.6) is 0 Å². The van der Waals surface area contributed by atoms with Crippen LogP contribution in [0.25, 0.3) is 5.69 Å². The van der Waals surface area contributed by atoms with E-state index >= 15 is 0 Å². The average molecular weight is 371 g/mol. The van der Waals surface area contributed by atoms with Crippen LogP contribution in [-0.2, 0) is 0 Å². The fraction of sp³-hybridized carbons (Fsp3) is 0. The monoisotopic (exact) mass is 371 g/mol. The highest BCUT2D eigenvalue weighted by molar-refractivity contribution is 7.99. The van der Waals surface area contributed by atoms with E-state index in [2.05, 4.69) is 10.4 Å². The Hall–Kier alpha value is -3.33. The van der Waals surface area contributed by atoms with Crippen molar-refractivity contribution in [3.05, 3.63) is 66.2 Å². The van der Waals surface area contributed by atoms with Gasteiger partial charge in [0.2, 0.25) is 0 Å². The van der Waals surface area contributed by atoms with Crippen LogP contribution in [0, 0.1) is 5.82 Å². The summed E-state index contributed by atoms with van der Waals surface area (Å²) in [4.78, 5) is 24.3. The van der Waals surface area contributed by atoms with E-state index < -0.39 is 11.9 Å².